The van der Waals surface area contributed by atoms with Crippen LogP contribution in [0.2, 0.25) is 0 Å². The molecule has 4 aromatic rings. The third-order valence-corrected chi connectivity index (χ3v) is 6.61. The second-order valence-electron chi connectivity index (χ2n) is 8.71. The van der Waals surface area contributed by atoms with Gasteiger partial charge in [-0.25, -0.2) is 4.98 Å². The van der Waals surface area contributed by atoms with Gasteiger partial charge >= 0.3 is 0 Å². The van der Waals surface area contributed by atoms with Gasteiger partial charge in [0.15, 0.2) is 0 Å². The number of fused-ring (bicyclic) bond motifs is 1. The third kappa shape index (κ3) is 4.63. The van der Waals surface area contributed by atoms with Gasteiger partial charge in [-0.05, 0) is 49.2 Å². The summed E-state index contributed by atoms with van der Waals surface area (Å²) >= 11 is 0. The van der Waals surface area contributed by atoms with E-state index in [0.29, 0.717) is 17.5 Å². The largest absolute Gasteiger partial charge is 0.307 e. The zero-order chi connectivity index (χ0) is 23.3. The summed E-state index contributed by atoms with van der Waals surface area (Å²) in [5, 5.41) is 0.672. The summed E-state index contributed by atoms with van der Waals surface area (Å²) < 4.78 is 1.80. The van der Waals surface area contributed by atoms with Crippen molar-refractivity contribution in [2.24, 2.45) is 0 Å². The van der Waals surface area contributed by atoms with E-state index < -0.39 is 0 Å². The maximum absolute atomic E-state index is 13.3. The van der Waals surface area contributed by atoms with Crippen molar-refractivity contribution in [2.75, 3.05) is 31.1 Å². The van der Waals surface area contributed by atoms with Crippen molar-refractivity contribution in [1.29, 1.82) is 0 Å². The van der Waals surface area contributed by atoms with Crippen molar-refractivity contribution in [3.8, 4) is 0 Å². The van der Waals surface area contributed by atoms with E-state index in [1.807, 2.05) is 89.8 Å². The number of nitrogens with zero attached hydrogens (tertiary/aromatic N) is 4. The fourth-order valence-corrected chi connectivity index (χ4v) is 4.70. The quantitative estimate of drug-likeness (QED) is 0.436. The molecule has 0 bridgehead atoms. The number of aromatic nitrogens is 2. The Bertz CT molecular complexity index is 1310. The van der Waals surface area contributed by atoms with E-state index in [4.69, 9.17) is 0 Å². The molecule has 1 aliphatic rings. The Balaban J connectivity index is 1.25. The predicted octanol–water partition coefficient (Wildman–Crippen LogP) is 4.38. The molecule has 6 nitrogen and oxygen atoms in total. The van der Waals surface area contributed by atoms with Crippen LogP contribution in [0.5, 0.6) is 0 Å². The monoisotopic (exact) mass is 452 g/mol. The van der Waals surface area contributed by atoms with Crippen LogP contribution in [0.15, 0.2) is 96.1 Å². The molecule has 0 aliphatic carbocycles. The van der Waals surface area contributed by atoms with Crippen molar-refractivity contribution in [2.45, 2.75) is 18.9 Å². The maximum Gasteiger partial charge on any atom is 0.261 e. The summed E-state index contributed by atoms with van der Waals surface area (Å²) in [4.78, 5) is 34.9. The summed E-state index contributed by atoms with van der Waals surface area (Å²) in [7, 11) is 0. The Hall–Kier alpha value is -3.77. The molecule has 0 atom stereocenters. The number of anilines is 1. The Labute approximate surface area is 199 Å². The number of hydrogen-bond acceptors (Lipinski definition) is 4. The van der Waals surface area contributed by atoms with Crippen LogP contribution in [-0.4, -0.2) is 46.5 Å². The van der Waals surface area contributed by atoms with Gasteiger partial charge in [0, 0.05) is 43.5 Å². The van der Waals surface area contributed by atoms with Gasteiger partial charge < -0.3 is 9.80 Å². The van der Waals surface area contributed by atoms with Gasteiger partial charge in [0.25, 0.3) is 11.5 Å². The normalized spacial score (nSPS) is 14.8. The Kier molecular flexibility index (Phi) is 6.49. The molecule has 1 saturated heterocycles. The summed E-state index contributed by atoms with van der Waals surface area (Å²) in [6.45, 7) is 3.16. The van der Waals surface area contributed by atoms with Crippen LogP contribution in [-0.2, 0) is 0 Å². The molecule has 1 fully saturated rings. The average Bonchev–Trinajstić information content (AvgIpc) is 2.91. The smallest absolute Gasteiger partial charge is 0.261 e. The lowest BCUT2D eigenvalue weighted by Gasteiger charge is -2.34. The first kappa shape index (κ1) is 22.0. The molecule has 2 heterocycles. The summed E-state index contributed by atoms with van der Waals surface area (Å²) in [6.07, 6.45) is 3.47. The highest BCUT2D eigenvalue weighted by Gasteiger charge is 2.24. The lowest BCUT2D eigenvalue weighted by Crippen LogP contribution is -2.43. The lowest BCUT2D eigenvalue weighted by atomic mass is 10.0. The average molecular weight is 453 g/mol. The first-order valence-electron chi connectivity index (χ1n) is 11.8. The van der Waals surface area contributed by atoms with E-state index in [1.54, 1.807) is 10.9 Å². The van der Waals surface area contributed by atoms with Crippen LogP contribution in [0.1, 0.15) is 29.2 Å². The summed E-state index contributed by atoms with van der Waals surface area (Å²) in [6, 6.07) is 26.9. The molecule has 0 radical (unpaired) electrons. The first-order valence-corrected chi connectivity index (χ1v) is 11.8. The molecule has 1 amide bonds. The number of rotatable bonds is 6. The molecular weight excluding hydrogens is 424 g/mol. The van der Waals surface area contributed by atoms with Crippen molar-refractivity contribution in [1.82, 2.24) is 14.5 Å². The van der Waals surface area contributed by atoms with Crippen LogP contribution in [0.3, 0.4) is 0 Å². The number of para-hydroxylation sites is 2. The second kappa shape index (κ2) is 10.0. The number of amides is 1. The maximum atomic E-state index is 13.3. The van der Waals surface area contributed by atoms with Gasteiger partial charge in [0.2, 0.25) is 0 Å². The molecule has 5 rings (SSSR count). The van der Waals surface area contributed by atoms with Crippen molar-refractivity contribution >= 4 is 22.5 Å². The first-order chi connectivity index (χ1) is 16.7. The lowest BCUT2D eigenvalue weighted by molar-refractivity contribution is 0.0980. The SMILES string of the molecule is O=C(c1ccccc1)N(CCN1CCC(n2cnc3ccccc3c2=O)CC1)c1ccccc1. The van der Waals surface area contributed by atoms with Gasteiger partial charge in [-0.3, -0.25) is 14.2 Å². The molecule has 0 spiro atoms. The van der Waals surface area contributed by atoms with E-state index >= 15 is 0 Å². The molecule has 0 unspecified atom stereocenters. The Morgan fingerprint density at radius 1 is 0.882 bits per heavy atom. The van der Waals surface area contributed by atoms with Crippen LogP contribution in [0.4, 0.5) is 5.69 Å². The molecule has 0 N–H and O–H groups in total. The molecule has 172 valence electrons. The fraction of sp³-hybridized carbons (Fsp3) is 0.250. The van der Waals surface area contributed by atoms with Crippen molar-refractivity contribution in [3.63, 3.8) is 0 Å². The highest BCUT2D eigenvalue weighted by molar-refractivity contribution is 6.06. The predicted molar refractivity (Wildman–Crippen MR) is 135 cm³/mol. The topological polar surface area (TPSA) is 58.4 Å². The van der Waals surface area contributed by atoms with Crippen molar-refractivity contribution < 1.29 is 4.79 Å². The summed E-state index contributed by atoms with van der Waals surface area (Å²) in [5.41, 5.74) is 2.37. The van der Waals surface area contributed by atoms with Crippen molar-refractivity contribution in [3.05, 3.63) is 107 Å². The molecule has 0 saturated carbocycles. The van der Waals surface area contributed by atoms with Crippen LogP contribution >= 0.6 is 0 Å². The molecule has 1 aromatic heterocycles. The Morgan fingerprint density at radius 3 is 2.26 bits per heavy atom. The Morgan fingerprint density at radius 2 is 1.53 bits per heavy atom. The minimum Gasteiger partial charge on any atom is -0.307 e. The van der Waals surface area contributed by atoms with E-state index in [1.165, 1.54) is 0 Å². The minimum absolute atomic E-state index is 0.00970. The highest BCUT2D eigenvalue weighted by Crippen LogP contribution is 2.22. The molecular formula is C28H28N4O2. The van der Waals surface area contributed by atoms with E-state index in [9.17, 15) is 9.59 Å². The van der Waals surface area contributed by atoms with E-state index in [-0.39, 0.29) is 17.5 Å². The number of carbonyl (C=O) groups is 1. The van der Waals surface area contributed by atoms with Crippen LogP contribution in [0, 0.1) is 0 Å². The van der Waals surface area contributed by atoms with Crippen LogP contribution in [0.25, 0.3) is 10.9 Å². The van der Waals surface area contributed by atoms with Gasteiger partial charge in [0.1, 0.15) is 0 Å². The number of benzene rings is 3. The number of hydrogen-bond donors (Lipinski definition) is 0. The standard InChI is InChI=1S/C28H28N4O2/c33-27(22-9-3-1-4-10-22)31(23-11-5-2-6-12-23)20-19-30-17-15-24(16-18-30)32-21-29-26-14-8-7-13-25(26)28(32)34/h1-14,21,24H,15-20H2. The zero-order valence-electron chi connectivity index (χ0n) is 19.1. The number of carbonyl (C=O) groups excluding carboxylic acids is 1. The van der Waals surface area contributed by atoms with Gasteiger partial charge in [0.05, 0.1) is 17.2 Å². The van der Waals surface area contributed by atoms with Gasteiger partial charge in [-0.15, -0.1) is 0 Å². The number of likely N-dealkylation sites (tertiary alicyclic amines) is 1. The fourth-order valence-electron chi connectivity index (χ4n) is 4.70. The van der Waals surface area contributed by atoms with E-state index in [0.717, 1.165) is 43.7 Å². The summed E-state index contributed by atoms with van der Waals surface area (Å²) in [5.74, 6) is 0.00970. The zero-order valence-corrected chi connectivity index (χ0v) is 19.1. The molecule has 6 heteroatoms. The molecule has 1 aliphatic heterocycles. The second-order valence-corrected chi connectivity index (χ2v) is 8.71. The van der Waals surface area contributed by atoms with E-state index in [2.05, 4.69) is 9.88 Å². The van der Waals surface area contributed by atoms with Gasteiger partial charge in [-0.1, -0.05) is 48.5 Å². The van der Waals surface area contributed by atoms with Crippen LogP contribution < -0.4 is 10.5 Å². The molecule has 3 aromatic carbocycles. The third-order valence-electron chi connectivity index (χ3n) is 6.61. The minimum atomic E-state index is 0.00970. The van der Waals surface area contributed by atoms with Gasteiger partial charge in [-0.2, -0.15) is 0 Å². The number of piperidine rings is 1. The molecule has 34 heavy (non-hydrogen) atoms. The highest BCUT2D eigenvalue weighted by atomic mass is 16.2.